The average molecular weight is 259 g/mol. The van der Waals surface area contributed by atoms with Crippen LogP contribution in [0.2, 0.25) is 0 Å². The first kappa shape index (κ1) is 14.1. The molecular formula is C12H18FNO2S. The summed E-state index contributed by atoms with van der Waals surface area (Å²) in [5, 5.41) is 3.06. The van der Waals surface area contributed by atoms with Crippen LogP contribution in [-0.2, 0) is 16.3 Å². The van der Waals surface area contributed by atoms with Crippen molar-refractivity contribution in [1.29, 1.82) is 0 Å². The smallest absolute Gasteiger partial charge is 0.148 e. The summed E-state index contributed by atoms with van der Waals surface area (Å²) in [7, 11) is -2.90. The van der Waals surface area contributed by atoms with Crippen LogP contribution < -0.4 is 5.32 Å². The van der Waals surface area contributed by atoms with Crippen LogP contribution in [0.3, 0.4) is 0 Å². The summed E-state index contributed by atoms with van der Waals surface area (Å²) in [6, 6.07) is 4.72. The van der Waals surface area contributed by atoms with Gasteiger partial charge in [0.2, 0.25) is 0 Å². The lowest BCUT2D eigenvalue weighted by atomic mass is 10.1. The molecule has 0 saturated heterocycles. The van der Waals surface area contributed by atoms with E-state index in [0.29, 0.717) is 13.1 Å². The molecule has 0 aromatic heterocycles. The van der Waals surface area contributed by atoms with Gasteiger partial charge in [-0.05, 0) is 43.1 Å². The van der Waals surface area contributed by atoms with Gasteiger partial charge in [-0.3, -0.25) is 0 Å². The standard InChI is InChI=1S/C12H18FNO2S/c1-10-9-12(13)4-3-11(10)5-6-14-7-8-17(2,15)16/h3-4,9,14H,5-8H2,1-2H3. The quantitative estimate of drug-likeness (QED) is 0.784. The molecule has 0 aliphatic rings. The van der Waals surface area contributed by atoms with Gasteiger partial charge in [0.15, 0.2) is 0 Å². The van der Waals surface area contributed by atoms with Crippen LogP contribution in [-0.4, -0.2) is 33.5 Å². The molecule has 0 unspecified atom stereocenters. The fraction of sp³-hybridized carbons (Fsp3) is 0.500. The van der Waals surface area contributed by atoms with E-state index < -0.39 is 9.84 Å². The Morgan fingerprint density at radius 2 is 2.00 bits per heavy atom. The molecule has 0 atom stereocenters. The molecule has 5 heteroatoms. The Kier molecular flexibility index (Phi) is 5.08. The molecule has 0 bridgehead atoms. The third-order valence-corrected chi connectivity index (χ3v) is 3.47. The van der Waals surface area contributed by atoms with E-state index in [1.165, 1.54) is 18.4 Å². The van der Waals surface area contributed by atoms with E-state index in [2.05, 4.69) is 5.32 Å². The van der Waals surface area contributed by atoms with E-state index in [-0.39, 0.29) is 11.6 Å². The maximum Gasteiger partial charge on any atom is 0.148 e. The van der Waals surface area contributed by atoms with Crippen molar-refractivity contribution in [3.63, 3.8) is 0 Å². The van der Waals surface area contributed by atoms with Gasteiger partial charge in [-0.1, -0.05) is 6.07 Å². The molecule has 1 aromatic rings. The summed E-state index contributed by atoms with van der Waals surface area (Å²) in [6.45, 7) is 3.02. The van der Waals surface area contributed by atoms with Crippen LogP contribution in [0.4, 0.5) is 4.39 Å². The normalized spacial score (nSPS) is 11.7. The number of hydrogen-bond donors (Lipinski definition) is 1. The van der Waals surface area contributed by atoms with Crippen molar-refractivity contribution < 1.29 is 12.8 Å². The van der Waals surface area contributed by atoms with Crippen LogP contribution >= 0.6 is 0 Å². The molecule has 0 spiro atoms. The highest BCUT2D eigenvalue weighted by Crippen LogP contribution is 2.10. The minimum absolute atomic E-state index is 0.148. The van der Waals surface area contributed by atoms with Gasteiger partial charge in [0.1, 0.15) is 15.7 Å². The average Bonchev–Trinajstić information content (AvgIpc) is 2.18. The second kappa shape index (κ2) is 6.12. The molecular weight excluding hydrogens is 241 g/mol. The SMILES string of the molecule is Cc1cc(F)ccc1CCNCCS(C)(=O)=O. The van der Waals surface area contributed by atoms with Crippen molar-refractivity contribution in [2.24, 2.45) is 0 Å². The van der Waals surface area contributed by atoms with Gasteiger partial charge >= 0.3 is 0 Å². The molecule has 1 N–H and O–H groups in total. The van der Waals surface area contributed by atoms with Crippen molar-refractivity contribution in [3.8, 4) is 0 Å². The highest BCUT2D eigenvalue weighted by Gasteiger charge is 2.02. The third-order valence-electron chi connectivity index (χ3n) is 2.53. The van der Waals surface area contributed by atoms with Crippen molar-refractivity contribution in [1.82, 2.24) is 5.32 Å². The molecule has 1 aromatic carbocycles. The molecule has 3 nitrogen and oxygen atoms in total. The van der Waals surface area contributed by atoms with Crippen molar-refractivity contribution in [3.05, 3.63) is 35.1 Å². The Bertz CT molecular complexity index is 471. The Morgan fingerprint density at radius 3 is 2.59 bits per heavy atom. The molecule has 0 fully saturated rings. The summed E-state index contributed by atoms with van der Waals surface area (Å²) < 4.78 is 34.6. The lowest BCUT2D eigenvalue weighted by molar-refractivity contribution is 0.596. The zero-order valence-corrected chi connectivity index (χ0v) is 11.0. The van der Waals surface area contributed by atoms with Gasteiger partial charge in [-0.2, -0.15) is 0 Å². The predicted molar refractivity (Wildman–Crippen MR) is 67.4 cm³/mol. The zero-order valence-electron chi connectivity index (χ0n) is 10.2. The van der Waals surface area contributed by atoms with Crippen molar-refractivity contribution in [2.75, 3.05) is 25.1 Å². The number of aryl methyl sites for hydroxylation is 1. The van der Waals surface area contributed by atoms with Gasteiger partial charge in [-0.25, -0.2) is 12.8 Å². The number of halogens is 1. The van der Waals surface area contributed by atoms with Gasteiger partial charge in [0, 0.05) is 12.8 Å². The van der Waals surface area contributed by atoms with E-state index in [1.807, 2.05) is 6.92 Å². The summed E-state index contributed by atoms with van der Waals surface area (Å²) in [5.41, 5.74) is 2.01. The summed E-state index contributed by atoms with van der Waals surface area (Å²) in [6.07, 6.45) is 1.99. The Hall–Kier alpha value is -0.940. The fourth-order valence-electron chi connectivity index (χ4n) is 1.55. The molecule has 0 amide bonds. The zero-order chi connectivity index (χ0) is 12.9. The molecule has 17 heavy (non-hydrogen) atoms. The van der Waals surface area contributed by atoms with Gasteiger partial charge in [-0.15, -0.1) is 0 Å². The second-order valence-corrected chi connectivity index (χ2v) is 6.46. The monoisotopic (exact) mass is 259 g/mol. The lowest BCUT2D eigenvalue weighted by Crippen LogP contribution is -2.24. The minimum atomic E-state index is -2.90. The highest BCUT2D eigenvalue weighted by molar-refractivity contribution is 7.90. The number of benzene rings is 1. The molecule has 0 saturated carbocycles. The number of rotatable bonds is 6. The molecule has 0 aliphatic carbocycles. The van der Waals surface area contributed by atoms with Crippen LogP contribution in [0.5, 0.6) is 0 Å². The molecule has 0 heterocycles. The first-order chi connectivity index (χ1) is 7.88. The third kappa shape index (κ3) is 5.79. The topological polar surface area (TPSA) is 46.2 Å². The van der Waals surface area contributed by atoms with E-state index in [4.69, 9.17) is 0 Å². The van der Waals surface area contributed by atoms with Crippen molar-refractivity contribution >= 4 is 9.84 Å². The van der Waals surface area contributed by atoms with Crippen molar-refractivity contribution in [2.45, 2.75) is 13.3 Å². The molecule has 0 radical (unpaired) electrons. The predicted octanol–water partition coefficient (Wildman–Crippen LogP) is 1.31. The molecule has 0 aliphatic heterocycles. The number of hydrogen-bond acceptors (Lipinski definition) is 3. The van der Waals surface area contributed by atoms with E-state index in [1.54, 1.807) is 6.07 Å². The lowest BCUT2D eigenvalue weighted by Gasteiger charge is -2.07. The second-order valence-electron chi connectivity index (χ2n) is 4.20. The van der Waals surface area contributed by atoms with Crippen LogP contribution in [0.25, 0.3) is 0 Å². The summed E-state index contributed by atoms with van der Waals surface area (Å²) >= 11 is 0. The van der Waals surface area contributed by atoms with Crippen LogP contribution in [0, 0.1) is 12.7 Å². The van der Waals surface area contributed by atoms with E-state index >= 15 is 0 Å². The van der Waals surface area contributed by atoms with Gasteiger partial charge < -0.3 is 5.32 Å². The van der Waals surface area contributed by atoms with Gasteiger partial charge in [0.25, 0.3) is 0 Å². The fourth-order valence-corrected chi connectivity index (χ4v) is 2.06. The molecule has 96 valence electrons. The van der Waals surface area contributed by atoms with Crippen LogP contribution in [0.15, 0.2) is 18.2 Å². The highest BCUT2D eigenvalue weighted by atomic mass is 32.2. The van der Waals surface area contributed by atoms with Gasteiger partial charge in [0.05, 0.1) is 5.75 Å². The Morgan fingerprint density at radius 1 is 1.29 bits per heavy atom. The number of sulfone groups is 1. The Labute approximate surface area is 102 Å². The first-order valence-corrected chi connectivity index (χ1v) is 7.58. The van der Waals surface area contributed by atoms with Crippen LogP contribution in [0.1, 0.15) is 11.1 Å². The van der Waals surface area contributed by atoms with E-state index in [9.17, 15) is 12.8 Å². The molecule has 1 rings (SSSR count). The summed E-state index contributed by atoms with van der Waals surface area (Å²) in [4.78, 5) is 0. The maximum absolute atomic E-state index is 12.8. The Balaban J connectivity index is 2.32. The number of nitrogens with one attached hydrogen (secondary N) is 1. The first-order valence-electron chi connectivity index (χ1n) is 5.52. The minimum Gasteiger partial charge on any atom is -0.315 e. The van der Waals surface area contributed by atoms with E-state index in [0.717, 1.165) is 17.5 Å². The maximum atomic E-state index is 12.8. The largest absolute Gasteiger partial charge is 0.315 e. The summed E-state index contributed by atoms with van der Waals surface area (Å²) in [5.74, 6) is -0.0774.